The van der Waals surface area contributed by atoms with Gasteiger partial charge in [0.1, 0.15) is 0 Å². The van der Waals surface area contributed by atoms with Crippen LogP contribution in [0.1, 0.15) is 26.7 Å². The molecule has 1 amide bonds. The summed E-state index contributed by atoms with van der Waals surface area (Å²) in [5.74, 6) is -0.238. The summed E-state index contributed by atoms with van der Waals surface area (Å²) >= 11 is 4.95. The molecule has 0 bridgehead atoms. The van der Waals surface area contributed by atoms with Crippen molar-refractivity contribution in [2.75, 3.05) is 20.1 Å². The number of thiocarbonyl (C=S) groups is 1. The molecule has 1 aliphatic heterocycles. The Balaban J connectivity index is 2.45. The molecule has 1 rings (SSSR count). The molecule has 1 heterocycles. The lowest BCUT2D eigenvalue weighted by atomic mass is 9.95. The minimum atomic E-state index is -0.350. The average Bonchev–Trinajstić information content (AvgIpc) is 2.59. The fourth-order valence-corrected chi connectivity index (χ4v) is 2.71. The lowest BCUT2D eigenvalue weighted by Gasteiger charge is -2.23. The first-order valence-corrected chi connectivity index (χ1v) is 6.61. The molecule has 2 atom stereocenters. The molecular formula is C12H23N3OS. The van der Waals surface area contributed by atoms with Crippen molar-refractivity contribution in [3.8, 4) is 0 Å². The van der Waals surface area contributed by atoms with Crippen LogP contribution in [0, 0.1) is 11.8 Å². The van der Waals surface area contributed by atoms with Crippen LogP contribution >= 0.6 is 12.2 Å². The van der Waals surface area contributed by atoms with Gasteiger partial charge in [-0.2, -0.15) is 0 Å². The van der Waals surface area contributed by atoms with Gasteiger partial charge in [-0.3, -0.25) is 4.79 Å². The molecule has 1 fully saturated rings. The van der Waals surface area contributed by atoms with Crippen LogP contribution < -0.4 is 11.1 Å². The van der Waals surface area contributed by atoms with Crippen LogP contribution in [0.4, 0.5) is 0 Å². The van der Waals surface area contributed by atoms with E-state index in [4.69, 9.17) is 18.0 Å². The Morgan fingerprint density at radius 3 is 2.65 bits per heavy atom. The first-order valence-electron chi connectivity index (χ1n) is 6.20. The predicted octanol–water partition coefficient (Wildman–Crippen LogP) is 0.755. The molecule has 0 aromatic carbocycles. The van der Waals surface area contributed by atoms with Crippen LogP contribution in [0.3, 0.4) is 0 Å². The van der Waals surface area contributed by atoms with Crippen molar-refractivity contribution in [3.63, 3.8) is 0 Å². The molecule has 0 aromatic heterocycles. The van der Waals surface area contributed by atoms with Gasteiger partial charge in [0.2, 0.25) is 5.91 Å². The fraction of sp³-hybridized carbons (Fsp3) is 0.833. The quantitative estimate of drug-likeness (QED) is 0.714. The van der Waals surface area contributed by atoms with Gasteiger partial charge in [-0.15, -0.1) is 0 Å². The average molecular weight is 257 g/mol. The smallest absolute Gasteiger partial charge is 0.230 e. The number of nitrogens with zero attached hydrogens (tertiary/aromatic N) is 1. The highest BCUT2D eigenvalue weighted by Crippen LogP contribution is 2.15. The second kappa shape index (κ2) is 6.31. The maximum Gasteiger partial charge on any atom is 0.230 e. The summed E-state index contributed by atoms with van der Waals surface area (Å²) in [6.07, 6.45) is 2.36. The summed E-state index contributed by atoms with van der Waals surface area (Å²) in [5.41, 5.74) is 5.61. The first-order chi connectivity index (χ1) is 7.93. The van der Waals surface area contributed by atoms with Crippen molar-refractivity contribution in [2.24, 2.45) is 17.6 Å². The van der Waals surface area contributed by atoms with Crippen molar-refractivity contribution in [1.29, 1.82) is 0 Å². The van der Waals surface area contributed by atoms with Gasteiger partial charge in [0.15, 0.2) is 0 Å². The third kappa shape index (κ3) is 3.92. The zero-order valence-electron chi connectivity index (χ0n) is 10.9. The Hall–Kier alpha value is -0.680. The number of rotatable bonds is 5. The fourth-order valence-electron chi connectivity index (χ4n) is 2.33. The summed E-state index contributed by atoms with van der Waals surface area (Å²) in [6.45, 7) is 5.74. The SMILES string of the molecule is CC(C)C(C(=O)NCC1CCCN1C)C(N)=S. The van der Waals surface area contributed by atoms with Crippen molar-refractivity contribution >= 4 is 23.1 Å². The molecule has 17 heavy (non-hydrogen) atoms. The highest BCUT2D eigenvalue weighted by atomic mass is 32.1. The standard InChI is InChI=1S/C12H23N3OS/c1-8(2)10(11(13)17)12(16)14-7-9-5-4-6-15(9)3/h8-10H,4-7H2,1-3H3,(H2,13,17)(H,14,16). The van der Waals surface area contributed by atoms with Crippen molar-refractivity contribution < 1.29 is 4.79 Å². The van der Waals surface area contributed by atoms with E-state index in [1.165, 1.54) is 6.42 Å². The summed E-state index contributed by atoms with van der Waals surface area (Å²) in [5, 5.41) is 2.97. The number of nitrogens with two attached hydrogens (primary N) is 1. The lowest BCUT2D eigenvalue weighted by molar-refractivity contribution is -0.124. The van der Waals surface area contributed by atoms with Gasteiger partial charge in [0.25, 0.3) is 0 Å². The van der Waals surface area contributed by atoms with Gasteiger partial charge in [0.05, 0.1) is 10.9 Å². The number of amides is 1. The summed E-state index contributed by atoms with van der Waals surface area (Å²) in [6, 6.07) is 0.457. The molecule has 2 unspecified atom stereocenters. The lowest BCUT2D eigenvalue weighted by Crippen LogP contribution is -2.45. The molecule has 0 aromatic rings. The highest BCUT2D eigenvalue weighted by molar-refractivity contribution is 7.80. The van der Waals surface area contributed by atoms with E-state index in [1.54, 1.807) is 0 Å². The minimum absolute atomic E-state index is 0.0344. The normalized spacial score (nSPS) is 22.7. The summed E-state index contributed by atoms with van der Waals surface area (Å²) in [4.78, 5) is 14.6. The monoisotopic (exact) mass is 257 g/mol. The molecule has 5 heteroatoms. The van der Waals surface area contributed by atoms with Gasteiger partial charge in [-0.1, -0.05) is 26.1 Å². The second-order valence-electron chi connectivity index (χ2n) is 5.15. The zero-order chi connectivity index (χ0) is 13.0. The van der Waals surface area contributed by atoms with Crippen LogP contribution in [-0.2, 0) is 4.79 Å². The molecule has 98 valence electrons. The molecule has 0 spiro atoms. The molecular weight excluding hydrogens is 234 g/mol. The predicted molar refractivity (Wildman–Crippen MR) is 73.8 cm³/mol. The van der Waals surface area contributed by atoms with Crippen molar-refractivity contribution in [1.82, 2.24) is 10.2 Å². The van der Waals surface area contributed by atoms with E-state index in [2.05, 4.69) is 17.3 Å². The van der Waals surface area contributed by atoms with Crippen LogP contribution in [0.2, 0.25) is 0 Å². The van der Waals surface area contributed by atoms with E-state index in [0.717, 1.165) is 13.0 Å². The molecule has 0 aliphatic carbocycles. The Morgan fingerprint density at radius 2 is 2.24 bits per heavy atom. The molecule has 0 radical (unpaired) electrons. The number of hydrogen-bond donors (Lipinski definition) is 2. The maximum absolute atomic E-state index is 12.0. The van der Waals surface area contributed by atoms with E-state index in [9.17, 15) is 4.79 Å². The molecule has 1 saturated heterocycles. The van der Waals surface area contributed by atoms with Crippen LogP contribution in [0.5, 0.6) is 0 Å². The van der Waals surface area contributed by atoms with E-state index in [0.29, 0.717) is 12.6 Å². The summed E-state index contributed by atoms with van der Waals surface area (Å²) < 4.78 is 0. The topological polar surface area (TPSA) is 58.4 Å². The van der Waals surface area contributed by atoms with Gasteiger partial charge in [0, 0.05) is 12.6 Å². The van der Waals surface area contributed by atoms with E-state index >= 15 is 0 Å². The van der Waals surface area contributed by atoms with Crippen molar-refractivity contribution in [2.45, 2.75) is 32.7 Å². The van der Waals surface area contributed by atoms with Gasteiger partial charge < -0.3 is 16.0 Å². The minimum Gasteiger partial charge on any atom is -0.393 e. The number of likely N-dealkylation sites (tertiary alicyclic amines) is 1. The molecule has 1 aliphatic rings. The number of hydrogen-bond acceptors (Lipinski definition) is 3. The number of likely N-dealkylation sites (N-methyl/N-ethyl adjacent to an activating group) is 1. The van der Waals surface area contributed by atoms with Crippen LogP contribution in [0.25, 0.3) is 0 Å². The van der Waals surface area contributed by atoms with Crippen molar-refractivity contribution in [3.05, 3.63) is 0 Å². The van der Waals surface area contributed by atoms with E-state index in [-0.39, 0.29) is 22.7 Å². The Labute approximate surface area is 109 Å². The van der Waals surface area contributed by atoms with Crippen LogP contribution in [0.15, 0.2) is 0 Å². The first kappa shape index (κ1) is 14.4. The summed E-state index contributed by atoms with van der Waals surface area (Å²) in [7, 11) is 2.09. The third-order valence-electron chi connectivity index (χ3n) is 3.44. The maximum atomic E-state index is 12.0. The van der Waals surface area contributed by atoms with Gasteiger partial charge in [-0.25, -0.2) is 0 Å². The molecule has 4 nitrogen and oxygen atoms in total. The Bertz CT molecular complexity index is 293. The van der Waals surface area contributed by atoms with E-state index in [1.807, 2.05) is 13.8 Å². The molecule has 3 N–H and O–H groups in total. The number of carbonyl (C=O) groups excluding carboxylic acids is 1. The second-order valence-corrected chi connectivity index (χ2v) is 5.62. The van der Waals surface area contributed by atoms with Gasteiger partial charge in [-0.05, 0) is 32.4 Å². The highest BCUT2D eigenvalue weighted by Gasteiger charge is 2.27. The molecule has 0 saturated carbocycles. The van der Waals surface area contributed by atoms with Crippen LogP contribution in [-0.4, -0.2) is 42.0 Å². The van der Waals surface area contributed by atoms with E-state index < -0.39 is 0 Å². The Morgan fingerprint density at radius 1 is 1.59 bits per heavy atom. The van der Waals surface area contributed by atoms with Gasteiger partial charge >= 0.3 is 0 Å². The zero-order valence-corrected chi connectivity index (χ0v) is 11.7. The number of carbonyl (C=O) groups is 1. The largest absolute Gasteiger partial charge is 0.393 e. The number of nitrogens with one attached hydrogen (secondary N) is 1. The third-order valence-corrected chi connectivity index (χ3v) is 3.69. The Kier molecular flexibility index (Phi) is 5.33.